The average molecular weight is 140 g/mol. The summed E-state index contributed by atoms with van der Waals surface area (Å²) in [4.78, 5) is 25.4. The lowest BCUT2D eigenvalue weighted by atomic mass is 10.8. The summed E-state index contributed by atoms with van der Waals surface area (Å²) < 4.78 is 3.88. The highest BCUT2D eigenvalue weighted by atomic mass is 31.2. The molecule has 0 rings (SSSR count). The first-order valence-corrected chi connectivity index (χ1v) is 2.82. The Morgan fingerprint density at radius 2 is 2.12 bits per heavy atom. The highest BCUT2D eigenvalue weighted by Crippen LogP contribution is 2.23. The molecule has 0 unspecified atom stereocenters. The van der Waals surface area contributed by atoms with E-state index >= 15 is 0 Å². The summed E-state index contributed by atoms with van der Waals surface area (Å²) in [7, 11) is -2.51. The Balaban J connectivity index is 3.05. The summed E-state index contributed by atoms with van der Waals surface area (Å²) in [6, 6.07) is 0. The van der Waals surface area contributed by atoms with E-state index in [9.17, 15) is 4.79 Å². The van der Waals surface area contributed by atoms with Gasteiger partial charge in [-0.15, -0.1) is 0 Å². The Hall–Kier alpha value is -0.220. The van der Waals surface area contributed by atoms with E-state index in [1.807, 2.05) is 0 Å². The minimum Gasteiger partial charge on any atom is -0.480 e. The predicted molar refractivity (Wildman–Crippen MR) is 24.9 cm³/mol. The number of hydrogen-bond donors (Lipinski definition) is 3. The first kappa shape index (κ1) is 7.78. The molecule has 8 heavy (non-hydrogen) atoms. The zero-order valence-electron chi connectivity index (χ0n) is 3.81. The van der Waals surface area contributed by atoms with Gasteiger partial charge in [-0.1, -0.05) is 0 Å². The molecule has 0 saturated carbocycles. The lowest BCUT2D eigenvalue weighted by molar-refractivity contribution is -0.139. The quantitative estimate of drug-likeness (QED) is 0.451. The molecule has 48 valence electrons. The van der Waals surface area contributed by atoms with Gasteiger partial charge in [-0.2, -0.15) is 0 Å². The molecule has 0 aromatic rings. The molecule has 0 atom stereocenters. The van der Waals surface area contributed by atoms with E-state index < -0.39 is 21.2 Å². The fourth-order valence-corrected chi connectivity index (χ4v) is 0.339. The zero-order chi connectivity index (χ0) is 6.57. The van der Waals surface area contributed by atoms with Crippen LogP contribution in [-0.2, 0) is 9.32 Å². The van der Waals surface area contributed by atoms with E-state index in [0.717, 1.165) is 0 Å². The minimum atomic E-state index is -2.51. The van der Waals surface area contributed by atoms with E-state index in [1.165, 1.54) is 0 Å². The van der Waals surface area contributed by atoms with Crippen LogP contribution in [0.15, 0.2) is 0 Å². The largest absolute Gasteiger partial charge is 0.480 e. The van der Waals surface area contributed by atoms with Crippen molar-refractivity contribution in [3.8, 4) is 0 Å². The van der Waals surface area contributed by atoms with Gasteiger partial charge in [0, 0.05) is 0 Å². The molecule has 0 spiro atoms. The fourth-order valence-electron chi connectivity index (χ4n) is 0.113. The zero-order valence-corrected chi connectivity index (χ0v) is 4.71. The van der Waals surface area contributed by atoms with Crippen LogP contribution in [0.3, 0.4) is 0 Å². The van der Waals surface area contributed by atoms with Crippen LogP contribution >= 0.6 is 8.60 Å². The molecule has 0 amide bonds. The molecule has 0 aromatic carbocycles. The molecule has 5 nitrogen and oxygen atoms in total. The van der Waals surface area contributed by atoms with Crippen molar-refractivity contribution in [2.75, 3.05) is 6.61 Å². The first-order valence-electron chi connectivity index (χ1n) is 1.65. The van der Waals surface area contributed by atoms with Gasteiger partial charge in [0.15, 0.2) is 6.61 Å². The van der Waals surface area contributed by atoms with Gasteiger partial charge in [-0.25, -0.2) is 4.79 Å². The predicted octanol–water partition coefficient (Wildman–Crippen LogP) is -0.701. The fraction of sp³-hybridized carbons (Fsp3) is 0.500. The van der Waals surface area contributed by atoms with E-state index in [1.54, 1.807) is 0 Å². The van der Waals surface area contributed by atoms with E-state index in [4.69, 9.17) is 14.9 Å². The van der Waals surface area contributed by atoms with Crippen molar-refractivity contribution in [3.63, 3.8) is 0 Å². The van der Waals surface area contributed by atoms with Crippen molar-refractivity contribution >= 4 is 14.6 Å². The van der Waals surface area contributed by atoms with Gasteiger partial charge in [-0.3, -0.25) is 0 Å². The second kappa shape index (κ2) is 3.74. The van der Waals surface area contributed by atoms with E-state index in [-0.39, 0.29) is 0 Å². The summed E-state index contributed by atoms with van der Waals surface area (Å²) in [6.07, 6.45) is 0. The van der Waals surface area contributed by atoms with E-state index in [2.05, 4.69) is 4.52 Å². The molecule has 0 fully saturated rings. The van der Waals surface area contributed by atoms with Crippen LogP contribution in [0.1, 0.15) is 0 Å². The second-order valence-corrected chi connectivity index (χ2v) is 1.68. The number of rotatable bonds is 3. The highest BCUT2D eigenvalue weighted by molar-refractivity contribution is 7.39. The van der Waals surface area contributed by atoms with E-state index in [0.29, 0.717) is 0 Å². The lowest BCUT2D eigenvalue weighted by Gasteiger charge is -1.96. The molecule has 6 heteroatoms. The molecule has 0 aliphatic heterocycles. The first-order chi connectivity index (χ1) is 3.63. The van der Waals surface area contributed by atoms with Gasteiger partial charge in [0.05, 0.1) is 0 Å². The number of carboxylic acids is 1. The standard InChI is InChI=1S/C2H5O5P/c3-2(4)1-7-8(5)6/h5-6H,1H2,(H,3,4). The Morgan fingerprint density at radius 1 is 1.62 bits per heavy atom. The molecular weight excluding hydrogens is 135 g/mol. The monoisotopic (exact) mass is 140 g/mol. The van der Waals surface area contributed by atoms with Crippen molar-refractivity contribution in [1.29, 1.82) is 0 Å². The van der Waals surface area contributed by atoms with Gasteiger partial charge >= 0.3 is 14.6 Å². The summed E-state index contributed by atoms with van der Waals surface area (Å²) in [6.45, 7) is -0.668. The van der Waals surface area contributed by atoms with Crippen LogP contribution in [0.4, 0.5) is 0 Å². The topological polar surface area (TPSA) is 87.0 Å². The van der Waals surface area contributed by atoms with Crippen molar-refractivity contribution in [2.24, 2.45) is 0 Å². The van der Waals surface area contributed by atoms with Crippen LogP contribution in [-0.4, -0.2) is 27.5 Å². The third kappa shape index (κ3) is 5.78. The molecule has 0 heterocycles. The molecule has 0 saturated heterocycles. The Kier molecular flexibility index (Phi) is 3.64. The van der Waals surface area contributed by atoms with Gasteiger partial charge in [0.1, 0.15) is 0 Å². The molecule has 0 aliphatic carbocycles. The molecular formula is C2H5O5P. The normalized spacial score (nSPS) is 9.88. The number of carboxylic acid groups (broad SMARTS) is 1. The summed E-state index contributed by atoms with van der Waals surface area (Å²) in [5.41, 5.74) is 0. The van der Waals surface area contributed by atoms with Crippen molar-refractivity contribution < 1.29 is 24.2 Å². The average Bonchev–Trinajstić information content (AvgIpc) is 1.61. The third-order valence-electron chi connectivity index (χ3n) is 0.303. The Labute approximate surface area is 46.5 Å². The van der Waals surface area contributed by atoms with Gasteiger partial charge in [0.2, 0.25) is 0 Å². The second-order valence-electron chi connectivity index (χ2n) is 0.920. The summed E-state index contributed by atoms with van der Waals surface area (Å²) in [5.74, 6) is -1.22. The van der Waals surface area contributed by atoms with Gasteiger partial charge < -0.3 is 19.4 Å². The third-order valence-corrected chi connectivity index (χ3v) is 0.664. The molecule has 3 N–H and O–H groups in total. The summed E-state index contributed by atoms with van der Waals surface area (Å²) >= 11 is 0. The van der Waals surface area contributed by atoms with Gasteiger partial charge in [0.25, 0.3) is 0 Å². The maximum absolute atomic E-state index is 9.57. The van der Waals surface area contributed by atoms with Crippen LogP contribution < -0.4 is 0 Å². The molecule has 0 radical (unpaired) electrons. The van der Waals surface area contributed by atoms with Crippen LogP contribution in [0, 0.1) is 0 Å². The van der Waals surface area contributed by atoms with Crippen molar-refractivity contribution in [2.45, 2.75) is 0 Å². The minimum absolute atomic E-state index is 0.668. The van der Waals surface area contributed by atoms with Crippen LogP contribution in [0.25, 0.3) is 0 Å². The maximum atomic E-state index is 9.57. The number of carbonyl (C=O) groups is 1. The van der Waals surface area contributed by atoms with Crippen LogP contribution in [0.5, 0.6) is 0 Å². The Morgan fingerprint density at radius 3 is 2.25 bits per heavy atom. The molecule has 0 aliphatic rings. The Bertz CT molecular complexity index is 80.5. The van der Waals surface area contributed by atoms with Crippen LogP contribution in [0.2, 0.25) is 0 Å². The van der Waals surface area contributed by atoms with Crippen molar-refractivity contribution in [3.05, 3.63) is 0 Å². The lowest BCUT2D eigenvalue weighted by Crippen LogP contribution is -2.03. The number of hydrogen-bond acceptors (Lipinski definition) is 4. The summed E-state index contributed by atoms with van der Waals surface area (Å²) in [5, 5.41) is 7.83. The van der Waals surface area contributed by atoms with Gasteiger partial charge in [-0.05, 0) is 0 Å². The van der Waals surface area contributed by atoms with Crippen molar-refractivity contribution in [1.82, 2.24) is 0 Å². The SMILES string of the molecule is O=C(O)COP(O)O. The molecule has 0 bridgehead atoms. The number of aliphatic carboxylic acids is 1. The molecule has 0 aromatic heterocycles. The highest BCUT2D eigenvalue weighted by Gasteiger charge is 2.01. The smallest absolute Gasteiger partial charge is 0.330 e. The maximum Gasteiger partial charge on any atom is 0.330 e.